The molecule has 0 bridgehead atoms. The molecule has 1 atom stereocenters. The van der Waals surface area contributed by atoms with Crippen LogP contribution in [0.5, 0.6) is 0 Å². The number of piperazine rings is 1. The van der Waals surface area contributed by atoms with Gasteiger partial charge in [0.15, 0.2) is 0 Å². The van der Waals surface area contributed by atoms with Crippen LogP contribution >= 0.6 is 0 Å². The third-order valence-corrected chi connectivity index (χ3v) is 4.51. The summed E-state index contributed by atoms with van der Waals surface area (Å²) in [5.41, 5.74) is 2.85. The third kappa shape index (κ3) is 2.26. The molecule has 0 aromatic heterocycles. The Labute approximate surface area is 111 Å². The number of fused-ring (bicyclic) bond motifs is 1. The summed E-state index contributed by atoms with van der Waals surface area (Å²) in [6, 6.07) is 10.0. The second-order valence-corrected chi connectivity index (χ2v) is 6.02. The van der Waals surface area contributed by atoms with Crippen LogP contribution in [0.1, 0.15) is 38.2 Å². The summed E-state index contributed by atoms with van der Waals surface area (Å²) in [4.78, 5) is 5.23. The molecule has 2 nitrogen and oxygen atoms in total. The summed E-state index contributed by atoms with van der Waals surface area (Å²) in [5.74, 6) is 0.630. The molecule has 0 aliphatic carbocycles. The van der Waals surface area contributed by atoms with Crippen molar-refractivity contribution in [2.24, 2.45) is 0 Å². The predicted molar refractivity (Wildman–Crippen MR) is 77.3 cm³/mol. The smallest absolute Gasteiger partial charge is 0.0367 e. The third-order valence-electron chi connectivity index (χ3n) is 4.51. The molecule has 1 unspecified atom stereocenters. The van der Waals surface area contributed by atoms with Gasteiger partial charge in [0.05, 0.1) is 0 Å². The van der Waals surface area contributed by atoms with Crippen molar-refractivity contribution in [1.29, 1.82) is 0 Å². The van der Waals surface area contributed by atoms with E-state index < -0.39 is 0 Å². The molecule has 2 heterocycles. The summed E-state index contributed by atoms with van der Waals surface area (Å²) in [7, 11) is 0. The standard InChI is InChI=1S/C16H24N2/c1-13(2)14-5-7-15(8-6-14)18-11-10-17-9-3-4-16(17)12-18/h5-8,13,16H,3-4,9-12H2,1-2H3. The average Bonchev–Trinajstić information content (AvgIpc) is 2.86. The number of hydrogen-bond donors (Lipinski definition) is 0. The highest BCUT2D eigenvalue weighted by molar-refractivity contribution is 5.48. The lowest BCUT2D eigenvalue weighted by atomic mass is 10.0. The quantitative estimate of drug-likeness (QED) is 0.789. The van der Waals surface area contributed by atoms with E-state index in [0.29, 0.717) is 5.92 Å². The van der Waals surface area contributed by atoms with Gasteiger partial charge in [-0.25, -0.2) is 0 Å². The van der Waals surface area contributed by atoms with Gasteiger partial charge in [-0.1, -0.05) is 26.0 Å². The summed E-state index contributed by atoms with van der Waals surface area (Å²) < 4.78 is 0. The van der Waals surface area contributed by atoms with E-state index >= 15 is 0 Å². The van der Waals surface area contributed by atoms with E-state index in [1.54, 1.807) is 0 Å². The molecule has 0 spiro atoms. The monoisotopic (exact) mass is 244 g/mol. The maximum atomic E-state index is 2.67. The minimum Gasteiger partial charge on any atom is -0.369 e. The summed E-state index contributed by atoms with van der Waals surface area (Å²) >= 11 is 0. The Morgan fingerprint density at radius 1 is 1.06 bits per heavy atom. The first-order chi connectivity index (χ1) is 8.74. The fourth-order valence-corrected chi connectivity index (χ4v) is 3.30. The summed E-state index contributed by atoms with van der Waals surface area (Å²) in [6.07, 6.45) is 2.78. The van der Waals surface area contributed by atoms with Crippen LogP contribution in [-0.2, 0) is 0 Å². The molecule has 1 aromatic rings. The first-order valence-corrected chi connectivity index (χ1v) is 7.33. The van der Waals surface area contributed by atoms with E-state index in [9.17, 15) is 0 Å². The molecule has 2 aliphatic rings. The molecule has 0 saturated carbocycles. The van der Waals surface area contributed by atoms with Crippen molar-refractivity contribution in [2.45, 2.75) is 38.6 Å². The van der Waals surface area contributed by atoms with E-state index in [1.165, 1.54) is 50.3 Å². The Hall–Kier alpha value is -1.02. The van der Waals surface area contributed by atoms with Gasteiger partial charge in [-0.3, -0.25) is 4.90 Å². The van der Waals surface area contributed by atoms with Gasteiger partial charge in [0, 0.05) is 31.4 Å². The zero-order chi connectivity index (χ0) is 12.5. The predicted octanol–water partition coefficient (Wildman–Crippen LogP) is 3.09. The van der Waals surface area contributed by atoms with Gasteiger partial charge in [0.1, 0.15) is 0 Å². The lowest BCUT2D eigenvalue weighted by molar-refractivity contribution is 0.231. The Kier molecular flexibility index (Phi) is 3.29. The fourth-order valence-electron chi connectivity index (χ4n) is 3.30. The van der Waals surface area contributed by atoms with Crippen LogP contribution in [-0.4, -0.2) is 37.1 Å². The average molecular weight is 244 g/mol. The lowest BCUT2D eigenvalue weighted by Gasteiger charge is -2.38. The van der Waals surface area contributed by atoms with Crippen molar-refractivity contribution in [2.75, 3.05) is 31.1 Å². The van der Waals surface area contributed by atoms with Crippen LogP contribution in [0.3, 0.4) is 0 Å². The molecule has 3 rings (SSSR count). The van der Waals surface area contributed by atoms with Gasteiger partial charge in [-0.15, -0.1) is 0 Å². The van der Waals surface area contributed by atoms with Gasteiger partial charge < -0.3 is 4.90 Å². The first kappa shape index (κ1) is 12.0. The second-order valence-electron chi connectivity index (χ2n) is 6.02. The highest BCUT2D eigenvalue weighted by Crippen LogP contribution is 2.26. The first-order valence-electron chi connectivity index (χ1n) is 7.33. The highest BCUT2D eigenvalue weighted by atomic mass is 15.3. The fraction of sp³-hybridized carbons (Fsp3) is 0.625. The number of benzene rings is 1. The van der Waals surface area contributed by atoms with Gasteiger partial charge in [-0.05, 0) is 43.0 Å². The zero-order valence-corrected chi connectivity index (χ0v) is 11.6. The molecule has 2 saturated heterocycles. The van der Waals surface area contributed by atoms with Crippen LogP contribution in [0.15, 0.2) is 24.3 Å². The molecule has 2 fully saturated rings. The SMILES string of the molecule is CC(C)c1ccc(N2CCN3CCCC3C2)cc1. The molecule has 0 amide bonds. The van der Waals surface area contributed by atoms with E-state index in [4.69, 9.17) is 0 Å². The van der Waals surface area contributed by atoms with Crippen LogP contribution in [0.2, 0.25) is 0 Å². The lowest BCUT2D eigenvalue weighted by Crippen LogP contribution is -2.50. The van der Waals surface area contributed by atoms with Crippen molar-refractivity contribution in [3.8, 4) is 0 Å². The summed E-state index contributed by atoms with van der Waals surface area (Å²) in [5, 5.41) is 0. The van der Waals surface area contributed by atoms with Crippen LogP contribution in [0, 0.1) is 0 Å². The Morgan fingerprint density at radius 2 is 1.83 bits per heavy atom. The Bertz CT molecular complexity index is 396. The van der Waals surface area contributed by atoms with Gasteiger partial charge in [0.25, 0.3) is 0 Å². The topological polar surface area (TPSA) is 6.48 Å². The largest absolute Gasteiger partial charge is 0.369 e. The van der Waals surface area contributed by atoms with E-state index in [2.05, 4.69) is 47.9 Å². The second kappa shape index (κ2) is 4.93. The minimum absolute atomic E-state index is 0.630. The van der Waals surface area contributed by atoms with Crippen molar-refractivity contribution in [1.82, 2.24) is 4.90 Å². The molecule has 1 aromatic carbocycles. The molecular weight excluding hydrogens is 220 g/mol. The molecule has 0 radical (unpaired) electrons. The van der Waals surface area contributed by atoms with Gasteiger partial charge >= 0.3 is 0 Å². The van der Waals surface area contributed by atoms with E-state index in [1.807, 2.05) is 0 Å². The van der Waals surface area contributed by atoms with Gasteiger partial charge in [0.2, 0.25) is 0 Å². The number of rotatable bonds is 2. The van der Waals surface area contributed by atoms with Crippen molar-refractivity contribution in [3.05, 3.63) is 29.8 Å². The molecular formula is C16H24N2. The highest BCUT2D eigenvalue weighted by Gasteiger charge is 2.30. The molecule has 0 N–H and O–H groups in total. The van der Waals surface area contributed by atoms with Crippen molar-refractivity contribution < 1.29 is 0 Å². The van der Waals surface area contributed by atoms with E-state index in [0.717, 1.165) is 6.04 Å². The van der Waals surface area contributed by atoms with Gasteiger partial charge in [-0.2, -0.15) is 0 Å². The maximum absolute atomic E-state index is 2.67. The number of nitrogens with zero attached hydrogens (tertiary/aromatic N) is 2. The van der Waals surface area contributed by atoms with Crippen LogP contribution in [0.4, 0.5) is 5.69 Å². The molecule has 98 valence electrons. The molecule has 18 heavy (non-hydrogen) atoms. The van der Waals surface area contributed by atoms with E-state index in [-0.39, 0.29) is 0 Å². The normalized spacial score (nSPS) is 24.6. The summed E-state index contributed by atoms with van der Waals surface area (Å²) in [6.45, 7) is 9.50. The molecule has 2 aliphatic heterocycles. The zero-order valence-electron chi connectivity index (χ0n) is 11.6. The Morgan fingerprint density at radius 3 is 2.56 bits per heavy atom. The van der Waals surface area contributed by atoms with Crippen molar-refractivity contribution in [3.63, 3.8) is 0 Å². The van der Waals surface area contributed by atoms with Crippen molar-refractivity contribution >= 4 is 5.69 Å². The number of hydrogen-bond acceptors (Lipinski definition) is 2. The molecule has 2 heteroatoms. The van der Waals surface area contributed by atoms with Crippen LogP contribution < -0.4 is 4.90 Å². The maximum Gasteiger partial charge on any atom is 0.0367 e. The number of anilines is 1. The van der Waals surface area contributed by atoms with Crippen LogP contribution in [0.25, 0.3) is 0 Å². The Balaban J connectivity index is 1.71. The minimum atomic E-state index is 0.630.